The molecule has 1 aromatic heterocycles. The van der Waals surface area contributed by atoms with E-state index in [2.05, 4.69) is 56.1 Å². The number of benzene rings is 2. The van der Waals surface area contributed by atoms with Crippen LogP contribution >= 0.6 is 0 Å². The number of carbonyl (C=O) groups excluding carboxylic acids is 1. The zero-order valence-corrected chi connectivity index (χ0v) is 18.6. The zero-order valence-electron chi connectivity index (χ0n) is 18.6. The predicted octanol–water partition coefficient (Wildman–Crippen LogP) is 2.42. The first-order valence-electron chi connectivity index (χ1n) is 11.7. The summed E-state index contributed by atoms with van der Waals surface area (Å²) in [5.41, 5.74) is 3.42. The van der Waals surface area contributed by atoms with Crippen LogP contribution in [-0.2, 0) is 11.3 Å². The summed E-state index contributed by atoms with van der Waals surface area (Å²) in [4.78, 5) is 30.2. The zero-order chi connectivity index (χ0) is 21.8. The highest BCUT2D eigenvalue weighted by molar-refractivity contribution is 5.78. The first kappa shape index (κ1) is 21.0. The summed E-state index contributed by atoms with van der Waals surface area (Å²) in [7, 11) is 0. The molecule has 0 bridgehead atoms. The normalized spacial score (nSPS) is 18.8. The van der Waals surface area contributed by atoms with Gasteiger partial charge in [0.2, 0.25) is 11.9 Å². The minimum absolute atomic E-state index is 0.265. The van der Waals surface area contributed by atoms with Crippen molar-refractivity contribution in [2.75, 3.05) is 63.8 Å². The highest BCUT2D eigenvalue weighted by Crippen LogP contribution is 2.18. The number of fused-ring (bicyclic) bond motifs is 1. The summed E-state index contributed by atoms with van der Waals surface area (Å²) in [5.74, 6) is 1.20. The molecule has 7 heteroatoms. The Morgan fingerprint density at radius 1 is 0.812 bits per heavy atom. The lowest BCUT2D eigenvalue weighted by Crippen LogP contribution is -2.51. The molecule has 2 saturated heterocycles. The number of piperazine rings is 1. The number of aromatic amines is 1. The minimum atomic E-state index is 0.265. The number of amides is 1. The van der Waals surface area contributed by atoms with Gasteiger partial charge in [0.05, 0.1) is 17.6 Å². The van der Waals surface area contributed by atoms with Gasteiger partial charge >= 0.3 is 0 Å². The molecule has 0 atom stereocenters. The summed E-state index contributed by atoms with van der Waals surface area (Å²) in [5, 5.41) is 0. The molecular formula is C25H32N6O. The molecule has 2 aliphatic heterocycles. The minimum Gasteiger partial charge on any atom is -0.341 e. The SMILES string of the molecule is O=C(CN1CCCN(c2nc3ccccc3[nH]2)CC1)N1CCN(Cc2ccccc2)CC1. The molecular weight excluding hydrogens is 400 g/mol. The molecule has 3 heterocycles. The maximum absolute atomic E-state index is 12.9. The van der Waals surface area contributed by atoms with E-state index in [1.165, 1.54) is 5.56 Å². The van der Waals surface area contributed by atoms with Crippen LogP contribution in [0.15, 0.2) is 54.6 Å². The number of hydrogen-bond acceptors (Lipinski definition) is 5. The lowest BCUT2D eigenvalue weighted by atomic mass is 10.2. The fourth-order valence-corrected chi connectivity index (χ4v) is 4.72. The third-order valence-corrected chi connectivity index (χ3v) is 6.60. The van der Waals surface area contributed by atoms with Crippen molar-refractivity contribution in [3.8, 4) is 0 Å². The van der Waals surface area contributed by atoms with Gasteiger partial charge in [0.1, 0.15) is 0 Å². The molecule has 3 aromatic rings. The molecule has 0 unspecified atom stereocenters. The van der Waals surface area contributed by atoms with Crippen LogP contribution < -0.4 is 4.90 Å². The molecule has 168 valence electrons. The van der Waals surface area contributed by atoms with Crippen molar-refractivity contribution >= 4 is 22.9 Å². The molecule has 2 aromatic carbocycles. The van der Waals surface area contributed by atoms with E-state index in [-0.39, 0.29) is 5.91 Å². The third-order valence-electron chi connectivity index (χ3n) is 6.60. The van der Waals surface area contributed by atoms with Crippen molar-refractivity contribution in [1.29, 1.82) is 0 Å². The van der Waals surface area contributed by atoms with Crippen LogP contribution in [0.4, 0.5) is 5.95 Å². The van der Waals surface area contributed by atoms with E-state index in [4.69, 9.17) is 4.98 Å². The van der Waals surface area contributed by atoms with E-state index in [0.717, 1.165) is 82.3 Å². The monoisotopic (exact) mass is 432 g/mol. The van der Waals surface area contributed by atoms with Gasteiger partial charge in [-0.1, -0.05) is 42.5 Å². The van der Waals surface area contributed by atoms with Crippen LogP contribution in [0.1, 0.15) is 12.0 Å². The molecule has 7 nitrogen and oxygen atoms in total. The Morgan fingerprint density at radius 2 is 1.56 bits per heavy atom. The Bertz CT molecular complexity index is 994. The number of nitrogens with zero attached hydrogens (tertiary/aromatic N) is 5. The van der Waals surface area contributed by atoms with E-state index in [1.54, 1.807) is 0 Å². The topological polar surface area (TPSA) is 58.7 Å². The lowest BCUT2D eigenvalue weighted by molar-refractivity contribution is -0.134. The number of imidazole rings is 1. The molecule has 2 aliphatic rings. The number of H-pyrrole nitrogens is 1. The molecule has 0 aliphatic carbocycles. The summed E-state index contributed by atoms with van der Waals surface area (Å²) < 4.78 is 0. The molecule has 5 rings (SSSR count). The second-order valence-electron chi connectivity index (χ2n) is 8.84. The lowest BCUT2D eigenvalue weighted by Gasteiger charge is -2.35. The van der Waals surface area contributed by atoms with Gasteiger partial charge in [0, 0.05) is 58.9 Å². The number of hydrogen-bond donors (Lipinski definition) is 1. The van der Waals surface area contributed by atoms with Crippen molar-refractivity contribution in [1.82, 2.24) is 24.7 Å². The quantitative estimate of drug-likeness (QED) is 0.671. The largest absolute Gasteiger partial charge is 0.341 e. The average Bonchev–Trinajstić information content (AvgIpc) is 3.13. The number of aromatic nitrogens is 2. The number of para-hydroxylation sites is 2. The smallest absolute Gasteiger partial charge is 0.236 e. The number of rotatable bonds is 5. The van der Waals surface area contributed by atoms with E-state index in [9.17, 15) is 4.79 Å². The molecule has 1 N–H and O–H groups in total. The summed E-state index contributed by atoms with van der Waals surface area (Å²) >= 11 is 0. The van der Waals surface area contributed by atoms with Crippen LogP contribution in [-0.4, -0.2) is 89.5 Å². The predicted molar refractivity (Wildman–Crippen MR) is 128 cm³/mol. The average molecular weight is 433 g/mol. The van der Waals surface area contributed by atoms with Crippen molar-refractivity contribution in [3.63, 3.8) is 0 Å². The first-order valence-corrected chi connectivity index (χ1v) is 11.7. The van der Waals surface area contributed by atoms with Gasteiger partial charge in [-0.05, 0) is 24.1 Å². The molecule has 0 spiro atoms. The summed E-state index contributed by atoms with van der Waals surface area (Å²) in [6.45, 7) is 8.71. The van der Waals surface area contributed by atoms with Gasteiger partial charge in [-0.15, -0.1) is 0 Å². The Balaban J connectivity index is 1.10. The Hall–Kier alpha value is -2.90. The first-order chi connectivity index (χ1) is 15.7. The Morgan fingerprint density at radius 3 is 2.38 bits per heavy atom. The van der Waals surface area contributed by atoms with Crippen LogP contribution in [0.5, 0.6) is 0 Å². The molecule has 32 heavy (non-hydrogen) atoms. The van der Waals surface area contributed by atoms with Crippen LogP contribution in [0.3, 0.4) is 0 Å². The van der Waals surface area contributed by atoms with Crippen LogP contribution in [0.25, 0.3) is 11.0 Å². The van der Waals surface area contributed by atoms with Gasteiger partial charge in [0.25, 0.3) is 0 Å². The second kappa shape index (κ2) is 9.71. The number of carbonyl (C=O) groups is 1. The highest BCUT2D eigenvalue weighted by Gasteiger charge is 2.24. The van der Waals surface area contributed by atoms with Gasteiger partial charge < -0.3 is 14.8 Å². The second-order valence-corrected chi connectivity index (χ2v) is 8.84. The van der Waals surface area contributed by atoms with Crippen molar-refractivity contribution in [3.05, 3.63) is 60.2 Å². The van der Waals surface area contributed by atoms with Crippen molar-refractivity contribution in [2.24, 2.45) is 0 Å². The van der Waals surface area contributed by atoms with E-state index in [0.29, 0.717) is 6.54 Å². The van der Waals surface area contributed by atoms with E-state index < -0.39 is 0 Å². The maximum Gasteiger partial charge on any atom is 0.236 e. The third kappa shape index (κ3) is 4.95. The van der Waals surface area contributed by atoms with Gasteiger partial charge in [-0.2, -0.15) is 0 Å². The fourth-order valence-electron chi connectivity index (χ4n) is 4.72. The molecule has 2 fully saturated rings. The standard InChI is InChI=1S/C25H32N6O/c32-24(30-16-13-29(14-17-30)19-21-7-2-1-3-8-21)20-28-11-6-12-31(18-15-28)25-26-22-9-4-5-10-23(22)27-25/h1-5,7-10H,6,11-20H2,(H,26,27). The van der Waals surface area contributed by atoms with Gasteiger partial charge in [-0.3, -0.25) is 14.6 Å². The molecule has 0 radical (unpaired) electrons. The summed E-state index contributed by atoms with van der Waals surface area (Å²) in [6, 6.07) is 18.7. The van der Waals surface area contributed by atoms with E-state index in [1.807, 2.05) is 23.1 Å². The van der Waals surface area contributed by atoms with Crippen molar-refractivity contribution in [2.45, 2.75) is 13.0 Å². The van der Waals surface area contributed by atoms with Crippen LogP contribution in [0.2, 0.25) is 0 Å². The Kier molecular flexibility index (Phi) is 6.36. The van der Waals surface area contributed by atoms with E-state index >= 15 is 0 Å². The maximum atomic E-state index is 12.9. The van der Waals surface area contributed by atoms with Crippen molar-refractivity contribution < 1.29 is 4.79 Å². The highest BCUT2D eigenvalue weighted by atomic mass is 16.2. The fraction of sp³-hybridized carbons (Fsp3) is 0.440. The molecule has 0 saturated carbocycles. The number of nitrogens with one attached hydrogen (secondary N) is 1. The Labute approximate surface area is 189 Å². The number of anilines is 1. The molecule has 1 amide bonds. The summed E-state index contributed by atoms with van der Waals surface area (Å²) in [6.07, 6.45) is 1.04. The van der Waals surface area contributed by atoms with Gasteiger partial charge in [-0.25, -0.2) is 4.98 Å². The van der Waals surface area contributed by atoms with Gasteiger partial charge in [0.15, 0.2) is 0 Å². The van der Waals surface area contributed by atoms with Crippen LogP contribution in [0, 0.1) is 0 Å².